The third-order valence-electron chi connectivity index (χ3n) is 2.74. The van der Waals surface area contributed by atoms with Gasteiger partial charge in [-0.2, -0.15) is 5.26 Å². The molecule has 0 bridgehead atoms. The highest BCUT2D eigenvalue weighted by Crippen LogP contribution is 2.17. The molecule has 0 atom stereocenters. The molecule has 0 fully saturated rings. The van der Waals surface area contributed by atoms with Crippen LogP contribution in [0.4, 0.5) is 4.39 Å². The summed E-state index contributed by atoms with van der Waals surface area (Å²) in [4.78, 5) is 0.0719. The average molecular weight is 369 g/mol. The predicted octanol–water partition coefficient (Wildman–Crippen LogP) is 2.94. The lowest BCUT2D eigenvalue weighted by Gasteiger charge is -2.07. The van der Waals surface area contributed by atoms with E-state index >= 15 is 0 Å². The maximum atomic E-state index is 13.1. The second-order valence-corrected chi connectivity index (χ2v) is 6.83. The summed E-state index contributed by atoms with van der Waals surface area (Å²) in [6.45, 7) is 0.0429. The summed E-state index contributed by atoms with van der Waals surface area (Å²) >= 11 is 3.04. The molecule has 2 aromatic carbocycles. The Kier molecular flexibility index (Phi) is 4.73. The van der Waals surface area contributed by atoms with Crippen molar-refractivity contribution in [1.29, 1.82) is 5.26 Å². The molecule has 0 spiro atoms. The van der Waals surface area contributed by atoms with Gasteiger partial charge >= 0.3 is 0 Å². The number of sulfonamides is 1. The molecule has 0 amide bonds. The van der Waals surface area contributed by atoms with Gasteiger partial charge < -0.3 is 0 Å². The topological polar surface area (TPSA) is 70.0 Å². The van der Waals surface area contributed by atoms with E-state index in [4.69, 9.17) is 5.26 Å². The first kappa shape index (κ1) is 15.6. The third kappa shape index (κ3) is 3.88. The van der Waals surface area contributed by atoms with Gasteiger partial charge in [-0.3, -0.25) is 0 Å². The molecule has 0 heterocycles. The molecule has 4 nitrogen and oxygen atoms in total. The van der Waals surface area contributed by atoms with Gasteiger partial charge in [-0.15, -0.1) is 0 Å². The number of halogens is 2. The van der Waals surface area contributed by atoms with Gasteiger partial charge in [-0.25, -0.2) is 17.5 Å². The first-order valence-electron chi connectivity index (χ1n) is 5.86. The number of nitrogens with zero attached hydrogens (tertiary/aromatic N) is 1. The molecule has 0 saturated heterocycles. The molecule has 0 unspecified atom stereocenters. The van der Waals surface area contributed by atoms with Crippen molar-refractivity contribution >= 4 is 26.0 Å². The van der Waals surface area contributed by atoms with Crippen molar-refractivity contribution in [1.82, 2.24) is 4.72 Å². The second-order valence-electron chi connectivity index (χ2n) is 4.21. The van der Waals surface area contributed by atoms with Crippen molar-refractivity contribution in [3.05, 3.63) is 63.9 Å². The van der Waals surface area contributed by atoms with E-state index in [2.05, 4.69) is 20.7 Å². The van der Waals surface area contributed by atoms with Crippen molar-refractivity contribution in [3.8, 4) is 6.07 Å². The molecule has 0 aliphatic heterocycles. The number of rotatable bonds is 4. The Hall–Kier alpha value is -1.75. The second kappa shape index (κ2) is 6.35. The SMILES string of the molecule is N#Cc1ccc(S(=O)(=O)NCc2ccc(F)c(Br)c2)cc1. The third-order valence-corrected chi connectivity index (χ3v) is 4.77. The minimum absolute atomic E-state index is 0.0429. The van der Waals surface area contributed by atoms with Gasteiger partial charge in [0.1, 0.15) is 5.82 Å². The molecule has 0 aromatic heterocycles. The molecular weight excluding hydrogens is 359 g/mol. The van der Waals surface area contributed by atoms with Crippen molar-refractivity contribution in [2.45, 2.75) is 11.4 Å². The highest BCUT2D eigenvalue weighted by atomic mass is 79.9. The molecule has 0 saturated carbocycles. The Balaban J connectivity index is 2.13. The van der Waals surface area contributed by atoms with Crippen LogP contribution in [0.3, 0.4) is 0 Å². The Morgan fingerprint density at radius 1 is 1.19 bits per heavy atom. The number of benzene rings is 2. The maximum absolute atomic E-state index is 13.1. The molecule has 21 heavy (non-hydrogen) atoms. The molecule has 0 aliphatic carbocycles. The number of hydrogen-bond acceptors (Lipinski definition) is 3. The highest BCUT2D eigenvalue weighted by Gasteiger charge is 2.13. The summed E-state index contributed by atoms with van der Waals surface area (Å²) < 4.78 is 39.9. The molecule has 1 N–H and O–H groups in total. The zero-order valence-corrected chi connectivity index (χ0v) is 13.1. The fourth-order valence-corrected chi connectivity index (χ4v) is 3.06. The maximum Gasteiger partial charge on any atom is 0.240 e. The van der Waals surface area contributed by atoms with Gasteiger partial charge in [0.25, 0.3) is 0 Å². The molecule has 7 heteroatoms. The zero-order chi connectivity index (χ0) is 15.5. The van der Waals surface area contributed by atoms with E-state index in [1.165, 1.54) is 42.5 Å². The molecular formula is C14H10BrFN2O2S. The fourth-order valence-electron chi connectivity index (χ4n) is 1.62. The van der Waals surface area contributed by atoms with Gasteiger partial charge in [0.2, 0.25) is 10.0 Å². The van der Waals surface area contributed by atoms with Gasteiger partial charge in [0.05, 0.1) is 21.0 Å². The van der Waals surface area contributed by atoms with Gasteiger partial charge in [-0.05, 0) is 57.9 Å². The lowest BCUT2D eigenvalue weighted by atomic mass is 10.2. The van der Waals surface area contributed by atoms with Crippen LogP contribution in [0.25, 0.3) is 0 Å². The summed E-state index contributed by atoms with van der Waals surface area (Å²) in [5, 5.41) is 8.68. The van der Waals surface area contributed by atoms with Crippen LogP contribution >= 0.6 is 15.9 Å². The largest absolute Gasteiger partial charge is 0.240 e. The zero-order valence-electron chi connectivity index (χ0n) is 10.7. The van der Waals surface area contributed by atoms with Crippen LogP contribution in [-0.2, 0) is 16.6 Å². The van der Waals surface area contributed by atoms with Crippen LogP contribution in [0.1, 0.15) is 11.1 Å². The molecule has 2 aromatic rings. The summed E-state index contributed by atoms with van der Waals surface area (Å²) in [5.41, 5.74) is 1.01. The van der Waals surface area contributed by atoms with E-state index in [1.807, 2.05) is 6.07 Å². The smallest absolute Gasteiger partial charge is 0.207 e. The lowest BCUT2D eigenvalue weighted by molar-refractivity contribution is 0.581. The van der Waals surface area contributed by atoms with Crippen molar-refractivity contribution in [3.63, 3.8) is 0 Å². The van der Waals surface area contributed by atoms with E-state index in [0.717, 1.165) is 0 Å². The van der Waals surface area contributed by atoms with Gasteiger partial charge in [-0.1, -0.05) is 6.07 Å². The van der Waals surface area contributed by atoms with E-state index in [9.17, 15) is 12.8 Å². The van der Waals surface area contributed by atoms with Crippen LogP contribution in [-0.4, -0.2) is 8.42 Å². The van der Waals surface area contributed by atoms with Crippen molar-refractivity contribution in [2.75, 3.05) is 0 Å². The Morgan fingerprint density at radius 3 is 2.43 bits per heavy atom. The quantitative estimate of drug-likeness (QED) is 0.901. The first-order chi connectivity index (χ1) is 9.92. The molecule has 108 valence electrons. The van der Waals surface area contributed by atoms with Crippen LogP contribution in [0.5, 0.6) is 0 Å². The van der Waals surface area contributed by atoms with E-state index in [1.54, 1.807) is 0 Å². The molecule has 0 radical (unpaired) electrons. The van der Waals surface area contributed by atoms with E-state index < -0.39 is 15.8 Å². The van der Waals surface area contributed by atoms with Crippen molar-refractivity contribution in [2.24, 2.45) is 0 Å². The average Bonchev–Trinajstić information content (AvgIpc) is 2.48. The molecule has 2 rings (SSSR count). The highest BCUT2D eigenvalue weighted by molar-refractivity contribution is 9.10. The van der Waals surface area contributed by atoms with Crippen LogP contribution in [0.15, 0.2) is 51.8 Å². The normalized spacial score (nSPS) is 11.1. The minimum atomic E-state index is -3.67. The lowest BCUT2D eigenvalue weighted by Crippen LogP contribution is -2.23. The van der Waals surface area contributed by atoms with Gasteiger partial charge in [0.15, 0.2) is 0 Å². The molecule has 0 aliphatic rings. The van der Waals surface area contributed by atoms with Crippen LogP contribution in [0.2, 0.25) is 0 Å². The number of hydrogen-bond donors (Lipinski definition) is 1. The van der Waals surface area contributed by atoms with Crippen molar-refractivity contribution < 1.29 is 12.8 Å². The monoisotopic (exact) mass is 368 g/mol. The summed E-state index contributed by atoms with van der Waals surface area (Å²) in [6.07, 6.45) is 0. The van der Waals surface area contributed by atoms with Crippen LogP contribution < -0.4 is 4.72 Å². The fraction of sp³-hybridized carbons (Fsp3) is 0.0714. The minimum Gasteiger partial charge on any atom is -0.207 e. The Bertz CT molecular complexity index is 799. The Labute approximate surface area is 130 Å². The number of nitrogens with one attached hydrogen (secondary N) is 1. The van der Waals surface area contributed by atoms with E-state index in [-0.39, 0.29) is 15.9 Å². The Morgan fingerprint density at radius 2 is 1.86 bits per heavy atom. The summed E-state index contributed by atoms with van der Waals surface area (Å²) in [5.74, 6) is -0.409. The first-order valence-corrected chi connectivity index (χ1v) is 8.14. The predicted molar refractivity (Wildman–Crippen MR) is 79.3 cm³/mol. The van der Waals surface area contributed by atoms with E-state index in [0.29, 0.717) is 11.1 Å². The number of nitriles is 1. The van der Waals surface area contributed by atoms with Crippen LogP contribution in [0, 0.1) is 17.1 Å². The van der Waals surface area contributed by atoms with Gasteiger partial charge in [0, 0.05) is 6.54 Å². The standard InChI is InChI=1S/C14H10BrFN2O2S/c15-13-7-11(3-6-14(13)16)9-18-21(19,20)12-4-1-10(8-17)2-5-12/h1-7,18H,9H2. The summed E-state index contributed by atoms with van der Waals surface area (Å²) in [7, 11) is -3.67. The summed E-state index contributed by atoms with van der Waals surface area (Å²) in [6, 6.07) is 11.8.